The first kappa shape index (κ1) is 10.7. The fourth-order valence-electron chi connectivity index (χ4n) is 2.38. The minimum absolute atomic E-state index is 0.408. The summed E-state index contributed by atoms with van der Waals surface area (Å²) in [6.07, 6.45) is 0. The van der Waals surface area contributed by atoms with Crippen molar-refractivity contribution in [3.63, 3.8) is 0 Å². The van der Waals surface area contributed by atoms with Gasteiger partial charge in [0.15, 0.2) is 0 Å². The van der Waals surface area contributed by atoms with E-state index in [0.717, 1.165) is 6.54 Å². The van der Waals surface area contributed by atoms with Crippen molar-refractivity contribution in [1.29, 1.82) is 0 Å². The molecule has 1 nitrogen and oxygen atoms in total. The van der Waals surface area contributed by atoms with E-state index in [1.165, 1.54) is 14.2 Å². The molecule has 1 heterocycles. The van der Waals surface area contributed by atoms with Gasteiger partial charge in [0.2, 0.25) is 0 Å². The van der Waals surface area contributed by atoms with Crippen molar-refractivity contribution >= 4 is 27.3 Å². The summed E-state index contributed by atoms with van der Waals surface area (Å²) in [5.74, 6) is 1.36. The second-order valence-electron chi connectivity index (χ2n) is 4.69. The van der Waals surface area contributed by atoms with Crippen molar-refractivity contribution in [3.8, 4) is 0 Å². The standard InChI is InChI=1S/C11H16BrNS/c1-6-8(12)4-9(14-6)10-7(5-13)11(10,2)3/h4,7,10H,5,13H2,1-3H3. The summed E-state index contributed by atoms with van der Waals surface area (Å²) in [4.78, 5) is 2.87. The highest BCUT2D eigenvalue weighted by Crippen LogP contribution is 2.65. The zero-order valence-corrected chi connectivity index (χ0v) is 11.2. The van der Waals surface area contributed by atoms with Crippen LogP contribution in [0.2, 0.25) is 0 Å². The Hall–Kier alpha value is 0.140. The first-order valence-electron chi connectivity index (χ1n) is 4.94. The van der Waals surface area contributed by atoms with Gasteiger partial charge in [-0.15, -0.1) is 11.3 Å². The van der Waals surface area contributed by atoms with Crippen LogP contribution in [-0.4, -0.2) is 6.54 Å². The molecule has 0 aliphatic heterocycles. The quantitative estimate of drug-likeness (QED) is 0.877. The monoisotopic (exact) mass is 273 g/mol. The van der Waals surface area contributed by atoms with Crippen LogP contribution in [0.1, 0.15) is 29.5 Å². The molecule has 0 amide bonds. The molecule has 2 atom stereocenters. The minimum atomic E-state index is 0.408. The first-order chi connectivity index (χ1) is 6.48. The van der Waals surface area contributed by atoms with Crippen LogP contribution >= 0.6 is 27.3 Å². The summed E-state index contributed by atoms with van der Waals surface area (Å²) in [7, 11) is 0. The third kappa shape index (κ3) is 1.46. The molecular formula is C11H16BrNS. The van der Waals surface area contributed by atoms with Gasteiger partial charge in [-0.2, -0.15) is 0 Å². The highest BCUT2D eigenvalue weighted by atomic mass is 79.9. The fourth-order valence-corrected chi connectivity index (χ4v) is 4.31. The van der Waals surface area contributed by atoms with Crippen LogP contribution < -0.4 is 5.73 Å². The largest absolute Gasteiger partial charge is 0.330 e. The van der Waals surface area contributed by atoms with E-state index in [4.69, 9.17) is 5.73 Å². The average molecular weight is 274 g/mol. The number of hydrogen-bond donors (Lipinski definition) is 1. The molecule has 0 aromatic carbocycles. The van der Waals surface area contributed by atoms with Crippen molar-refractivity contribution < 1.29 is 0 Å². The Labute approximate surface area is 97.8 Å². The summed E-state index contributed by atoms with van der Waals surface area (Å²) >= 11 is 5.47. The lowest BCUT2D eigenvalue weighted by molar-refractivity contribution is 0.559. The summed E-state index contributed by atoms with van der Waals surface area (Å²) in [6, 6.07) is 2.27. The lowest BCUT2D eigenvalue weighted by atomic mass is 10.1. The van der Waals surface area contributed by atoms with Crippen molar-refractivity contribution in [1.82, 2.24) is 0 Å². The molecule has 1 saturated carbocycles. The normalized spacial score (nSPS) is 29.2. The molecule has 1 aromatic heterocycles. The molecule has 0 saturated heterocycles. The summed E-state index contributed by atoms with van der Waals surface area (Å²) in [6.45, 7) is 7.60. The maximum absolute atomic E-state index is 5.77. The molecule has 1 fully saturated rings. The molecular weight excluding hydrogens is 258 g/mol. The van der Waals surface area contributed by atoms with E-state index in [1.54, 1.807) is 0 Å². The SMILES string of the molecule is Cc1sc(C2C(CN)C2(C)C)cc1Br. The smallest absolute Gasteiger partial charge is 0.0314 e. The van der Waals surface area contributed by atoms with E-state index >= 15 is 0 Å². The van der Waals surface area contributed by atoms with E-state index in [2.05, 4.69) is 42.8 Å². The summed E-state index contributed by atoms with van der Waals surface area (Å²) < 4.78 is 1.25. The van der Waals surface area contributed by atoms with Gasteiger partial charge in [0, 0.05) is 20.1 Å². The zero-order valence-electron chi connectivity index (χ0n) is 8.80. The van der Waals surface area contributed by atoms with E-state index in [9.17, 15) is 0 Å². The molecule has 0 bridgehead atoms. The van der Waals surface area contributed by atoms with Crippen molar-refractivity contribution in [2.75, 3.05) is 6.54 Å². The molecule has 2 unspecified atom stereocenters. The molecule has 1 aromatic rings. The Morgan fingerprint density at radius 1 is 1.57 bits per heavy atom. The van der Waals surface area contributed by atoms with Gasteiger partial charge < -0.3 is 5.73 Å². The molecule has 2 N–H and O–H groups in total. The van der Waals surface area contributed by atoms with E-state index in [1.807, 2.05) is 11.3 Å². The molecule has 14 heavy (non-hydrogen) atoms. The van der Waals surface area contributed by atoms with Crippen LogP contribution in [0.4, 0.5) is 0 Å². The minimum Gasteiger partial charge on any atom is -0.330 e. The second-order valence-corrected chi connectivity index (χ2v) is 6.84. The van der Waals surface area contributed by atoms with Crippen molar-refractivity contribution in [3.05, 3.63) is 20.3 Å². The Morgan fingerprint density at radius 2 is 2.21 bits per heavy atom. The zero-order chi connectivity index (χ0) is 10.5. The number of aryl methyl sites for hydroxylation is 1. The predicted octanol–water partition coefficient (Wildman–Crippen LogP) is 3.52. The van der Waals surface area contributed by atoms with Crippen LogP contribution in [0, 0.1) is 18.3 Å². The third-order valence-corrected chi connectivity index (χ3v) is 5.71. The maximum Gasteiger partial charge on any atom is 0.0314 e. The lowest BCUT2D eigenvalue weighted by Crippen LogP contribution is -2.05. The molecule has 0 spiro atoms. The van der Waals surface area contributed by atoms with Crippen LogP contribution in [0.15, 0.2) is 10.5 Å². The molecule has 0 radical (unpaired) electrons. The number of hydrogen-bond acceptors (Lipinski definition) is 2. The van der Waals surface area contributed by atoms with Crippen LogP contribution in [-0.2, 0) is 0 Å². The van der Waals surface area contributed by atoms with Gasteiger partial charge in [0.1, 0.15) is 0 Å². The van der Waals surface area contributed by atoms with Gasteiger partial charge in [-0.05, 0) is 46.8 Å². The Balaban J connectivity index is 2.26. The van der Waals surface area contributed by atoms with E-state index < -0.39 is 0 Å². The summed E-state index contributed by atoms with van der Waals surface area (Å²) in [5, 5.41) is 0. The van der Waals surface area contributed by atoms with E-state index in [-0.39, 0.29) is 0 Å². The van der Waals surface area contributed by atoms with Gasteiger partial charge in [-0.3, -0.25) is 0 Å². The Bertz CT molecular complexity index is 337. The van der Waals surface area contributed by atoms with Gasteiger partial charge in [0.25, 0.3) is 0 Å². The highest BCUT2D eigenvalue weighted by molar-refractivity contribution is 9.10. The predicted molar refractivity (Wildman–Crippen MR) is 65.8 cm³/mol. The van der Waals surface area contributed by atoms with Gasteiger partial charge in [-0.25, -0.2) is 0 Å². The van der Waals surface area contributed by atoms with Crippen LogP contribution in [0.5, 0.6) is 0 Å². The molecule has 3 heteroatoms. The molecule has 1 aliphatic carbocycles. The number of nitrogens with two attached hydrogens (primary N) is 1. The number of rotatable bonds is 2. The van der Waals surface area contributed by atoms with Gasteiger partial charge in [-0.1, -0.05) is 13.8 Å². The maximum atomic E-state index is 5.77. The number of halogens is 1. The average Bonchev–Trinajstić information content (AvgIpc) is 2.50. The molecule has 2 rings (SSSR count). The molecule has 78 valence electrons. The van der Waals surface area contributed by atoms with E-state index in [0.29, 0.717) is 17.3 Å². The van der Waals surface area contributed by atoms with Crippen LogP contribution in [0.3, 0.4) is 0 Å². The topological polar surface area (TPSA) is 26.0 Å². The van der Waals surface area contributed by atoms with Crippen molar-refractivity contribution in [2.45, 2.75) is 26.7 Å². The molecule has 1 aliphatic rings. The lowest BCUT2D eigenvalue weighted by Gasteiger charge is -1.98. The fraction of sp³-hybridized carbons (Fsp3) is 0.636. The second kappa shape index (κ2) is 3.32. The van der Waals surface area contributed by atoms with Crippen LogP contribution in [0.25, 0.3) is 0 Å². The summed E-state index contributed by atoms with van der Waals surface area (Å²) in [5.41, 5.74) is 6.18. The number of thiophene rings is 1. The third-order valence-electron chi connectivity index (χ3n) is 3.49. The Morgan fingerprint density at radius 3 is 2.57 bits per heavy atom. The van der Waals surface area contributed by atoms with Crippen molar-refractivity contribution in [2.24, 2.45) is 17.1 Å². The van der Waals surface area contributed by atoms with Gasteiger partial charge in [0.05, 0.1) is 0 Å². The van der Waals surface area contributed by atoms with Gasteiger partial charge >= 0.3 is 0 Å². The first-order valence-corrected chi connectivity index (χ1v) is 6.55. The highest BCUT2D eigenvalue weighted by Gasteiger charge is 2.57. The Kier molecular flexibility index (Phi) is 2.53.